The third kappa shape index (κ3) is 4.91. The molecule has 0 bridgehead atoms. The van der Waals surface area contributed by atoms with Gasteiger partial charge >= 0.3 is 6.36 Å². The van der Waals surface area contributed by atoms with Crippen LogP contribution in [0.1, 0.15) is 10.4 Å². The van der Waals surface area contributed by atoms with Crippen LogP contribution in [0, 0.1) is 17.8 Å². The lowest BCUT2D eigenvalue weighted by atomic mass is 10.2. The highest BCUT2D eigenvalue weighted by atomic mass is 19.4. The molecular weight excluding hydrogens is 363 g/mol. The Morgan fingerprint density at radius 3 is 2.52 bits per heavy atom. The zero-order valence-corrected chi connectivity index (χ0v) is 15.1. The number of amides is 2. The van der Waals surface area contributed by atoms with Crippen molar-refractivity contribution in [3.05, 3.63) is 29.8 Å². The van der Waals surface area contributed by atoms with Crippen molar-refractivity contribution in [1.29, 1.82) is 0 Å². The molecule has 6 nitrogen and oxygen atoms in total. The number of halogens is 3. The molecule has 1 N–H and O–H groups in total. The Morgan fingerprint density at radius 2 is 1.93 bits per heavy atom. The van der Waals surface area contributed by atoms with Crippen LogP contribution in [0.5, 0.6) is 5.75 Å². The summed E-state index contributed by atoms with van der Waals surface area (Å²) in [5.74, 6) is 0.503. The number of nitrogens with zero attached hydrogens (tertiary/aromatic N) is 2. The van der Waals surface area contributed by atoms with E-state index in [0.717, 1.165) is 25.2 Å². The molecule has 9 heteroatoms. The van der Waals surface area contributed by atoms with Gasteiger partial charge in [-0.25, -0.2) is 0 Å². The number of likely N-dealkylation sites (tertiary alicyclic amines) is 1. The molecule has 1 aliphatic heterocycles. The number of fused-ring (bicyclic) bond motifs is 1. The van der Waals surface area contributed by atoms with E-state index in [-0.39, 0.29) is 11.5 Å². The number of hydrogen-bond acceptors (Lipinski definition) is 4. The lowest BCUT2D eigenvalue weighted by Crippen LogP contribution is -2.37. The average Bonchev–Trinajstić information content (AvgIpc) is 3.02. The van der Waals surface area contributed by atoms with E-state index < -0.39 is 18.0 Å². The van der Waals surface area contributed by atoms with Crippen LogP contribution in [0.15, 0.2) is 24.3 Å². The standard InChI is InChI=1S/C18H22F3N3O3/c1-23(2)16(25)10-24-8-14-13(15(14)9-24)7-22-17(26)11-4-3-5-12(6-11)27-18(19,20)21/h3-6,13-15H,7-10H2,1-2H3,(H,22,26). The van der Waals surface area contributed by atoms with Gasteiger partial charge in [-0.1, -0.05) is 6.07 Å². The van der Waals surface area contributed by atoms with Crippen molar-refractivity contribution >= 4 is 11.8 Å². The molecule has 1 aliphatic carbocycles. The minimum absolute atomic E-state index is 0.0714. The predicted molar refractivity (Wildman–Crippen MR) is 91.1 cm³/mol. The van der Waals surface area contributed by atoms with Gasteiger partial charge < -0.3 is 15.0 Å². The van der Waals surface area contributed by atoms with Gasteiger partial charge in [0.2, 0.25) is 5.91 Å². The maximum absolute atomic E-state index is 12.3. The van der Waals surface area contributed by atoms with E-state index >= 15 is 0 Å². The van der Waals surface area contributed by atoms with Crippen LogP contribution < -0.4 is 10.1 Å². The van der Waals surface area contributed by atoms with Crippen LogP contribution in [0.3, 0.4) is 0 Å². The largest absolute Gasteiger partial charge is 0.573 e. The molecule has 2 fully saturated rings. The number of hydrogen-bond donors (Lipinski definition) is 1. The van der Waals surface area contributed by atoms with Crippen molar-refractivity contribution in [3.8, 4) is 5.75 Å². The van der Waals surface area contributed by atoms with Gasteiger partial charge in [-0.05, 0) is 36.0 Å². The summed E-state index contributed by atoms with van der Waals surface area (Å²) >= 11 is 0. The van der Waals surface area contributed by atoms with Crippen LogP contribution >= 0.6 is 0 Å². The highest BCUT2D eigenvalue weighted by Crippen LogP contribution is 2.51. The lowest BCUT2D eigenvalue weighted by Gasteiger charge is -2.21. The molecule has 2 amide bonds. The minimum atomic E-state index is -4.79. The molecule has 1 saturated carbocycles. The zero-order chi connectivity index (χ0) is 19.8. The third-order valence-electron chi connectivity index (χ3n) is 5.13. The molecule has 2 aliphatic rings. The fraction of sp³-hybridized carbons (Fsp3) is 0.556. The summed E-state index contributed by atoms with van der Waals surface area (Å²) in [6.45, 7) is 2.55. The second-order valence-corrected chi connectivity index (χ2v) is 7.26. The monoisotopic (exact) mass is 385 g/mol. The van der Waals surface area contributed by atoms with Gasteiger partial charge in [0.1, 0.15) is 5.75 Å². The van der Waals surface area contributed by atoms with Gasteiger partial charge in [0.05, 0.1) is 6.54 Å². The normalized spacial score (nSPS) is 24.3. The summed E-state index contributed by atoms with van der Waals surface area (Å²) in [6.07, 6.45) is -4.79. The lowest BCUT2D eigenvalue weighted by molar-refractivity contribution is -0.274. The number of benzene rings is 1. The summed E-state index contributed by atoms with van der Waals surface area (Å²) in [5.41, 5.74) is 0.126. The first-order valence-electron chi connectivity index (χ1n) is 8.70. The van der Waals surface area contributed by atoms with E-state index in [1.807, 2.05) is 0 Å². The van der Waals surface area contributed by atoms with Crippen LogP contribution in [0.4, 0.5) is 13.2 Å². The van der Waals surface area contributed by atoms with Crippen molar-refractivity contribution < 1.29 is 27.5 Å². The fourth-order valence-electron chi connectivity index (χ4n) is 3.65. The summed E-state index contributed by atoms with van der Waals surface area (Å²) in [4.78, 5) is 27.6. The second-order valence-electron chi connectivity index (χ2n) is 7.26. The van der Waals surface area contributed by atoms with Gasteiger partial charge in [0, 0.05) is 39.3 Å². The second kappa shape index (κ2) is 7.38. The molecule has 0 aromatic heterocycles. The van der Waals surface area contributed by atoms with Gasteiger partial charge in [-0.2, -0.15) is 0 Å². The predicted octanol–water partition coefficient (Wildman–Crippen LogP) is 1.58. The average molecular weight is 385 g/mol. The number of alkyl halides is 3. The van der Waals surface area contributed by atoms with Crippen molar-refractivity contribution in [2.24, 2.45) is 17.8 Å². The van der Waals surface area contributed by atoms with Crippen molar-refractivity contribution in [2.75, 3.05) is 40.3 Å². The smallest absolute Gasteiger partial charge is 0.406 e. The highest BCUT2D eigenvalue weighted by Gasteiger charge is 2.55. The number of ether oxygens (including phenoxy) is 1. The quantitative estimate of drug-likeness (QED) is 0.808. The Morgan fingerprint density at radius 1 is 1.26 bits per heavy atom. The van der Waals surface area contributed by atoms with Crippen LogP contribution in [0.2, 0.25) is 0 Å². The summed E-state index contributed by atoms with van der Waals surface area (Å²) in [5, 5.41) is 2.78. The van der Waals surface area contributed by atoms with E-state index in [1.165, 1.54) is 12.1 Å². The van der Waals surface area contributed by atoms with E-state index in [9.17, 15) is 22.8 Å². The molecular formula is C18H22F3N3O3. The Balaban J connectivity index is 1.44. The summed E-state index contributed by atoms with van der Waals surface area (Å²) < 4.78 is 40.7. The fourth-order valence-corrected chi connectivity index (χ4v) is 3.65. The number of rotatable bonds is 6. The first-order valence-corrected chi connectivity index (χ1v) is 8.70. The number of carbonyl (C=O) groups excluding carboxylic acids is 2. The molecule has 1 aromatic rings. The molecule has 1 saturated heterocycles. The summed E-state index contributed by atoms with van der Waals surface area (Å²) in [7, 11) is 3.46. The van der Waals surface area contributed by atoms with E-state index in [4.69, 9.17) is 0 Å². The SMILES string of the molecule is CN(C)C(=O)CN1CC2C(CNC(=O)c3cccc(OC(F)(F)F)c3)C2C1. The number of likely N-dealkylation sites (N-methyl/N-ethyl adjacent to an activating group) is 1. The molecule has 0 spiro atoms. The van der Waals surface area contributed by atoms with E-state index in [2.05, 4.69) is 15.0 Å². The van der Waals surface area contributed by atoms with E-state index in [0.29, 0.717) is 30.8 Å². The topological polar surface area (TPSA) is 61.9 Å². The van der Waals surface area contributed by atoms with Gasteiger partial charge in [0.15, 0.2) is 0 Å². The Labute approximate surface area is 155 Å². The molecule has 3 rings (SSSR count). The number of nitrogens with one attached hydrogen (secondary N) is 1. The molecule has 0 radical (unpaired) electrons. The van der Waals surface area contributed by atoms with Crippen molar-refractivity contribution in [3.63, 3.8) is 0 Å². The third-order valence-corrected chi connectivity index (χ3v) is 5.13. The van der Waals surface area contributed by atoms with Crippen molar-refractivity contribution in [1.82, 2.24) is 15.1 Å². The van der Waals surface area contributed by atoms with Crippen molar-refractivity contribution in [2.45, 2.75) is 6.36 Å². The molecule has 2 unspecified atom stereocenters. The van der Waals surface area contributed by atoms with Crippen LogP contribution in [-0.4, -0.2) is 68.3 Å². The van der Waals surface area contributed by atoms with E-state index in [1.54, 1.807) is 19.0 Å². The van der Waals surface area contributed by atoms with Gasteiger partial charge in [-0.15, -0.1) is 13.2 Å². The Kier molecular flexibility index (Phi) is 5.32. The maximum atomic E-state index is 12.3. The highest BCUT2D eigenvalue weighted by molar-refractivity contribution is 5.94. The molecule has 1 heterocycles. The maximum Gasteiger partial charge on any atom is 0.573 e. The Bertz CT molecular complexity index is 711. The first kappa shape index (κ1) is 19.5. The zero-order valence-electron chi connectivity index (χ0n) is 15.1. The first-order chi connectivity index (χ1) is 12.6. The van der Waals surface area contributed by atoms with Gasteiger partial charge in [0.25, 0.3) is 5.91 Å². The summed E-state index contributed by atoms with van der Waals surface area (Å²) in [6, 6.07) is 5.02. The van der Waals surface area contributed by atoms with Crippen LogP contribution in [-0.2, 0) is 4.79 Å². The van der Waals surface area contributed by atoms with Crippen LogP contribution in [0.25, 0.3) is 0 Å². The van der Waals surface area contributed by atoms with Gasteiger partial charge in [-0.3, -0.25) is 14.5 Å². The Hall–Kier alpha value is -2.29. The molecule has 148 valence electrons. The number of carbonyl (C=O) groups is 2. The molecule has 1 aromatic carbocycles. The number of piperidine rings is 1. The molecule has 2 atom stereocenters. The minimum Gasteiger partial charge on any atom is -0.406 e. The molecule has 27 heavy (non-hydrogen) atoms.